The molecule has 3 N–H and O–H groups in total. The smallest absolute Gasteiger partial charge is 0.314 e. The molecule has 0 aliphatic rings. The van der Waals surface area contributed by atoms with E-state index in [1.54, 1.807) is 30.3 Å². The summed E-state index contributed by atoms with van der Waals surface area (Å²) in [6, 6.07) is 11.1. The van der Waals surface area contributed by atoms with Crippen molar-refractivity contribution in [2.45, 2.75) is 6.92 Å². The maximum absolute atomic E-state index is 12.0. The molecule has 0 saturated heterocycles. The van der Waals surface area contributed by atoms with E-state index < -0.39 is 11.8 Å². The van der Waals surface area contributed by atoms with Gasteiger partial charge < -0.3 is 16.0 Å². The van der Waals surface area contributed by atoms with Gasteiger partial charge in [-0.2, -0.15) is 0 Å². The summed E-state index contributed by atoms with van der Waals surface area (Å²) in [4.78, 5) is 34.9. The summed E-state index contributed by atoms with van der Waals surface area (Å²) in [5.41, 5.74) is 1.09. The molecule has 0 saturated carbocycles. The molecule has 2 rings (SSSR count). The second kappa shape index (κ2) is 7.81. The number of anilines is 3. The fourth-order valence-electron chi connectivity index (χ4n) is 1.85. The van der Waals surface area contributed by atoms with Crippen LogP contribution in [0.1, 0.15) is 6.92 Å². The first-order chi connectivity index (χ1) is 11.4. The SMILES string of the molecule is CC(=O)Nc1cccc(NC(=O)C(=O)Nc2cccc(Cl)c2Cl)c1. The molecule has 124 valence electrons. The summed E-state index contributed by atoms with van der Waals surface area (Å²) in [5, 5.41) is 7.80. The van der Waals surface area contributed by atoms with Crippen LogP contribution in [0.3, 0.4) is 0 Å². The predicted octanol–water partition coefficient (Wildman–Crippen LogP) is 3.53. The molecule has 3 amide bonds. The van der Waals surface area contributed by atoms with E-state index in [4.69, 9.17) is 23.2 Å². The fourth-order valence-corrected chi connectivity index (χ4v) is 2.19. The van der Waals surface area contributed by atoms with Gasteiger partial charge in [-0.3, -0.25) is 14.4 Å². The summed E-state index contributed by atoms with van der Waals surface area (Å²) in [6.45, 7) is 1.37. The van der Waals surface area contributed by atoms with E-state index >= 15 is 0 Å². The molecule has 6 nitrogen and oxygen atoms in total. The topological polar surface area (TPSA) is 87.3 Å². The minimum atomic E-state index is -0.899. The number of carbonyl (C=O) groups excluding carboxylic acids is 3. The van der Waals surface area contributed by atoms with Crippen molar-refractivity contribution in [3.8, 4) is 0 Å². The first-order valence-corrected chi connectivity index (χ1v) is 7.56. The third-order valence-corrected chi connectivity index (χ3v) is 3.67. The molecular weight excluding hydrogens is 353 g/mol. The van der Waals surface area contributed by atoms with Gasteiger partial charge in [0.05, 0.1) is 15.7 Å². The second-order valence-corrected chi connectivity index (χ2v) is 5.56. The van der Waals surface area contributed by atoms with Crippen LogP contribution in [0.4, 0.5) is 17.1 Å². The van der Waals surface area contributed by atoms with Crippen LogP contribution in [0.5, 0.6) is 0 Å². The number of amides is 3. The van der Waals surface area contributed by atoms with Crippen LogP contribution in [0.25, 0.3) is 0 Å². The molecular formula is C16H13Cl2N3O3. The predicted molar refractivity (Wildman–Crippen MR) is 94.5 cm³/mol. The van der Waals surface area contributed by atoms with E-state index in [0.717, 1.165) is 0 Å². The van der Waals surface area contributed by atoms with Crippen molar-refractivity contribution >= 4 is 58.0 Å². The van der Waals surface area contributed by atoms with Gasteiger partial charge in [0.1, 0.15) is 0 Å². The van der Waals surface area contributed by atoms with Gasteiger partial charge in [-0.1, -0.05) is 35.3 Å². The Kier molecular flexibility index (Phi) is 5.78. The van der Waals surface area contributed by atoms with Crippen LogP contribution in [-0.2, 0) is 14.4 Å². The van der Waals surface area contributed by atoms with Gasteiger partial charge in [-0.15, -0.1) is 0 Å². The minimum Gasteiger partial charge on any atom is -0.326 e. The average molecular weight is 366 g/mol. The fraction of sp³-hybridized carbons (Fsp3) is 0.0625. The molecule has 0 unspecified atom stereocenters. The zero-order valence-corrected chi connectivity index (χ0v) is 14.0. The average Bonchev–Trinajstić information content (AvgIpc) is 2.51. The number of rotatable bonds is 3. The summed E-state index contributed by atoms with van der Waals surface area (Å²) in [5.74, 6) is -2.03. The normalized spacial score (nSPS) is 9.96. The van der Waals surface area contributed by atoms with Crippen molar-refractivity contribution in [3.63, 3.8) is 0 Å². The van der Waals surface area contributed by atoms with Crippen molar-refractivity contribution in [1.82, 2.24) is 0 Å². The molecule has 0 aliphatic carbocycles. The van der Waals surface area contributed by atoms with E-state index in [9.17, 15) is 14.4 Å². The molecule has 8 heteroatoms. The van der Waals surface area contributed by atoms with Gasteiger partial charge in [0, 0.05) is 18.3 Å². The lowest BCUT2D eigenvalue weighted by molar-refractivity contribution is -0.132. The van der Waals surface area contributed by atoms with Gasteiger partial charge in [-0.05, 0) is 30.3 Å². The third kappa shape index (κ3) is 4.71. The van der Waals surface area contributed by atoms with Gasteiger partial charge in [-0.25, -0.2) is 0 Å². The van der Waals surface area contributed by atoms with E-state index in [2.05, 4.69) is 16.0 Å². The third-order valence-electron chi connectivity index (χ3n) is 2.85. The highest BCUT2D eigenvalue weighted by Crippen LogP contribution is 2.29. The van der Waals surface area contributed by atoms with Gasteiger partial charge in [0.15, 0.2) is 0 Å². The van der Waals surface area contributed by atoms with E-state index in [1.807, 2.05) is 0 Å². The van der Waals surface area contributed by atoms with Crippen molar-refractivity contribution in [1.29, 1.82) is 0 Å². The van der Waals surface area contributed by atoms with E-state index in [1.165, 1.54) is 19.1 Å². The Morgan fingerprint density at radius 3 is 2.08 bits per heavy atom. The Balaban J connectivity index is 2.05. The molecule has 0 atom stereocenters. The zero-order valence-electron chi connectivity index (χ0n) is 12.5. The van der Waals surface area contributed by atoms with Crippen LogP contribution in [0, 0.1) is 0 Å². The van der Waals surface area contributed by atoms with Crippen LogP contribution >= 0.6 is 23.2 Å². The molecule has 0 spiro atoms. The Hall–Kier alpha value is -2.57. The highest BCUT2D eigenvalue weighted by Gasteiger charge is 2.16. The molecule has 0 radical (unpaired) electrons. The summed E-state index contributed by atoms with van der Waals surface area (Å²) < 4.78 is 0. The Bertz CT molecular complexity index is 809. The van der Waals surface area contributed by atoms with Gasteiger partial charge in [0.2, 0.25) is 5.91 Å². The molecule has 0 fully saturated rings. The van der Waals surface area contributed by atoms with Crippen molar-refractivity contribution in [2.24, 2.45) is 0 Å². The minimum absolute atomic E-state index is 0.146. The first-order valence-electron chi connectivity index (χ1n) is 6.81. The highest BCUT2D eigenvalue weighted by atomic mass is 35.5. The van der Waals surface area contributed by atoms with Gasteiger partial charge in [0.25, 0.3) is 0 Å². The maximum Gasteiger partial charge on any atom is 0.314 e. The van der Waals surface area contributed by atoms with Crippen LogP contribution in [0.2, 0.25) is 10.0 Å². The first kappa shape index (κ1) is 17.8. The van der Waals surface area contributed by atoms with Gasteiger partial charge >= 0.3 is 11.8 Å². The standard InChI is InChI=1S/C16H13Cl2N3O3/c1-9(22)19-10-4-2-5-11(8-10)20-15(23)16(24)21-13-7-3-6-12(17)14(13)18/h2-8H,1H3,(H,19,22)(H,20,23)(H,21,24). The lowest BCUT2D eigenvalue weighted by Crippen LogP contribution is -2.29. The second-order valence-electron chi connectivity index (χ2n) is 4.77. The number of halogens is 2. The summed E-state index contributed by atoms with van der Waals surface area (Å²) in [7, 11) is 0. The van der Waals surface area contributed by atoms with Crippen LogP contribution in [0.15, 0.2) is 42.5 Å². The van der Waals surface area contributed by atoms with Crippen molar-refractivity contribution in [2.75, 3.05) is 16.0 Å². The van der Waals surface area contributed by atoms with Crippen molar-refractivity contribution < 1.29 is 14.4 Å². The molecule has 2 aromatic rings. The maximum atomic E-state index is 12.0. The number of carbonyl (C=O) groups is 3. The Morgan fingerprint density at radius 2 is 1.42 bits per heavy atom. The number of hydrogen-bond donors (Lipinski definition) is 3. The van der Waals surface area contributed by atoms with E-state index in [0.29, 0.717) is 11.4 Å². The van der Waals surface area contributed by atoms with Crippen LogP contribution in [-0.4, -0.2) is 17.7 Å². The summed E-state index contributed by atoms with van der Waals surface area (Å²) >= 11 is 11.8. The molecule has 0 heterocycles. The largest absolute Gasteiger partial charge is 0.326 e. The molecule has 24 heavy (non-hydrogen) atoms. The van der Waals surface area contributed by atoms with Crippen LogP contribution < -0.4 is 16.0 Å². The number of hydrogen-bond acceptors (Lipinski definition) is 3. The quantitative estimate of drug-likeness (QED) is 0.727. The Labute approximate surface area is 148 Å². The zero-order chi connectivity index (χ0) is 17.7. The molecule has 0 aliphatic heterocycles. The number of nitrogens with one attached hydrogen (secondary N) is 3. The molecule has 2 aromatic carbocycles. The summed E-state index contributed by atoms with van der Waals surface area (Å²) in [6.07, 6.45) is 0. The monoisotopic (exact) mass is 365 g/mol. The molecule has 0 aromatic heterocycles. The lowest BCUT2D eigenvalue weighted by Gasteiger charge is -2.09. The van der Waals surface area contributed by atoms with E-state index in [-0.39, 0.29) is 21.6 Å². The molecule has 0 bridgehead atoms. The van der Waals surface area contributed by atoms with Crippen molar-refractivity contribution in [3.05, 3.63) is 52.5 Å². The lowest BCUT2D eigenvalue weighted by atomic mass is 10.2. The Morgan fingerprint density at radius 1 is 0.833 bits per heavy atom. The number of benzene rings is 2. The highest BCUT2D eigenvalue weighted by molar-refractivity contribution is 6.47.